The van der Waals surface area contributed by atoms with Gasteiger partial charge in [0.25, 0.3) is 0 Å². The molecule has 0 amide bonds. The van der Waals surface area contributed by atoms with Crippen molar-refractivity contribution in [2.45, 2.75) is 18.9 Å². The molecule has 1 aromatic rings. The van der Waals surface area contributed by atoms with Crippen LogP contribution in [0.2, 0.25) is 5.15 Å². The topological polar surface area (TPSA) is 113 Å². The van der Waals surface area contributed by atoms with Gasteiger partial charge in [-0.3, -0.25) is 4.90 Å². The highest BCUT2D eigenvalue weighted by Gasteiger charge is 2.35. The molecule has 3 aliphatic rings. The zero-order valence-corrected chi connectivity index (χ0v) is 13.6. The maximum absolute atomic E-state index is 9.55. The number of aromatic nitrogens is 2. The summed E-state index contributed by atoms with van der Waals surface area (Å²) < 4.78 is 5.87. The molecule has 0 aromatic carbocycles. The number of nitrogens with zero attached hydrogens (tertiary/aromatic N) is 3. The summed E-state index contributed by atoms with van der Waals surface area (Å²) in [5, 5.41) is 23.7. The predicted octanol–water partition coefficient (Wildman–Crippen LogP) is 1.31. The van der Waals surface area contributed by atoms with E-state index in [4.69, 9.17) is 26.6 Å². The fourth-order valence-corrected chi connectivity index (χ4v) is 2.81. The predicted molar refractivity (Wildman–Crippen MR) is 85.0 cm³/mol. The fraction of sp³-hybridized carbons (Fsp3) is 0.467. The first-order valence-corrected chi connectivity index (χ1v) is 7.84. The van der Waals surface area contributed by atoms with Crippen molar-refractivity contribution in [3.63, 3.8) is 0 Å². The first kappa shape index (κ1) is 18.2. The Bertz CT molecular complexity index is 584. The molecule has 0 spiro atoms. The Morgan fingerprint density at radius 3 is 2.21 bits per heavy atom. The van der Waals surface area contributed by atoms with Crippen LogP contribution < -0.4 is 4.74 Å². The van der Waals surface area contributed by atoms with Crippen LogP contribution in [0.1, 0.15) is 12.8 Å². The van der Waals surface area contributed by atoms with Crippen molar-refractivity contribution in [2.24, 2.45) is 5.92 Å². The minimum absolute atomic E-state index is 0.276. The van der Waals surface area contributed by atoms with Gasteiger partial charge in [0.05, 0.1) is 0 Å². The Labute approximate surface area is 143 Å². The smallest absolute Gasteiger partial charge is 0.328 e. The fourth-order valence-electron chi connectivity index (χ4n) is 2.71. The molecule has 24 heavy (non-hydrogen) atoms. The molecule has 2 bridgehead atoms. The largest absolute Gasteiger partial charge is 0.478 e. The van der Waals surface area contributed by atoms with E-state index in [1.807, 2.05) is 0 Å². The van der Waals surface area contributed by atoms with Crippen molar-refractivity contribution in [2.75, 3.05) is 19.6 Å². The average Bonchev–Trinajstić information content (AvgIpc) is 2.57. The van der Waals surface area contributed by atoms with E-state index in [1.54, 1.807) is 12.1 Å². The van der Waals surface area contributed by atoms with E-state index in [2.05, 4.69) is 15.1 Å². The van der Waals surface area contributed by atoms with Crippen LogP contribution in [0.25, 0.3) is 0 Å². The normalized spacial score (nSPS) is 25.0. The lowest BCUT2D eigenvalue weighted by atomic mass is 9.86. The lowest BCUT2D eigenvalue weighted by Crippen LogP contribution is -2.52. The third kappa shape index (κ3) is 5.78. The molecular formula is C15H18ClN3O5. The molecule has 1 unspecified atom stereocenters. The Morgan fingerprint density at radius 1 is 1.17 bits per heavy atom. The van der Waals surface area contributed by atoms with Gasteiger partial charge in [-0.15, -0.1) is 10.2 Å². The highest BCUT2D eigenvalue weighted by molar-refractivity contribution is 6.29. The summed E-state index contributed by atoms with van der Waals surface area (Å²) in [7, 11) is 0. The van der Waals surface area contributed by atoms with Crippen LogP contribution >= 0.6 is 11.6 Å². The zero-order chi connectivity index (χ0) is 17.5. The van der Waals surface area contributed by atoms with Crippen molar-refractivity contribution >= 4 is 23.5 Å². The van der Waals surface area contributed by atoms with Gasteiger partial charge in [0.15, 0.2) is 5.15 Å². The third-order valence-corrected chi connectivity index (χ3v) is 4.05. The molecule has 4 rings (SSSR count). The Kier molecular flexibility index (Phi) is 6.51. The number of halogens is 1. The molecule has 0 aliphatic carbocycles. The van der Waals surface area contributed by atoms with Crippen molar-refractivity contribution < 1.29 is 24.5 Å². The molecular weight excluding hydrogens is 338 g/mol. The van der Waals surface area contributed by atoms with Gasteiger partial charge in [-0.25, -0.2) is 9.59 Å². The highest BCUT2D eigenvalue weighted by Crippen LogP contribution is 2.30. The summed E-state index contributed by atoms with van der Waals surface area (Å²) in [6.07, 6.45) is 3.88. The number of carboxylic acid groups (broad SMARTS) is 2. The Balaban J connectivity index is 0.000000224. The number of fused-ring (bicyclic) bond motifs is 3. The maximum atomic E-state index is 9.55. The lowest BCUT2D eigenvalue weighted by Gasteiger charge is -2.44. The Hall–Kier alpha value is -2.19. The van der Waals surface area contributed by atoms with Gasteiger partial charge in [-0.1, -0.05) is 11.6 Å². The molecule has 9 heteroatoms. The van der Waals surface area contributed by atoms with Crippen LogP contribution in [0.15, 0.2) is 24.3 Å². The van der Waals surface area contributed by atoms with Gasteiger partial charge < -0.3 is 14.9 Å². The van der Waals surface area contributed by atoms with E-state index in [0.29, 0.717) is 29.1 Å². The first-order chi connectivity index (χ1) is 11.4. The standard InChI is InChI=1S/C11H14ClN3O.C4H4O4/c12-10-1-2-11(14-13-10)16-9-7-15-5-3-8(9)4-6-15;5-3(6)1-2-4(7)8/h1-2,8-9H,3-7H2;1-2H,(H,5,6)(H,7,8)/b;2-1+. The van der Waals surface area contributed by atoms with Crippen LogP contribution in [-0.4, -0.2) is 63.0 Å². The molecule has 0 radical (unpaired) electrons. The van der Waals surface area contributed by atoms with E-state index in [-0.39, 0.29) is 6.10 Å². The minimum Gasteiger partial charge on any atom is -0.478 e. The molecule has 3 saturated heterocycles. The zero-order valence-electron chi connectivity index (χ0n) is 12.8. The van der Waals surface area contributed by atoms with Crippen LogP contribution in [0.4, 0.5) is 0 Å². The second-order valence-corrected chi connectivity index (χ2v) is 5.89. The highest BCUT2D eigenvalue weighted by atomic mass is 35.5. The van der Waals surface area contributed by atoms with Gasteiger partial charge in [-0.2, -0.15) is 0 Å². The lowest BCUT2D eigenvalue weighted by molar-refractivity contribution is -0.134. The summed E-state index contributed by atoms with van der Waals surface area (Å²) in [6, 6.07) is 3.50. The molecule has 1 atom stereocenters. The van der Waals surface area contributed by atoms with Crippen molar-refractivity contribution in [3.05, 3.63) is 29.4 Å². The summed E-state index contributed by atoms with van der Waals surface area (Å²) in [6.45, 7) is 3.46. The van der Waals surface area contributed by atoms with Gasteiger partial charge >= 0.3 is 11.9 Å². The molecule has 0 saturated carbocycles. The van der Waals surface area contributed by atoms with E-state index in [0.717, 1.165) is 6.54 Å². The number of aliphatic carboxylic acids is 2. The molecule has 3 fully saturated rings. The molecule has 3 aliphatic heterocycles. The summed E-state index contributed by atoms with van der Waals surface area (Å²) in [4.78, 5) is 21.6. The summed E-state index contributed by atoms with van der Waals surface area (Å²) >= 11 is 5.68. The maximum Gasteiger partial charge on any atom is 0.328 e. The van der Waals surface area contributed by atoms with Crippen LogP contribution in [-0.2, 0) is 9.59 Å². The number of piperidine rings is 3. The van der Waals surface area contributed by atoms with E-state index in [9.17, 15) is 9.59 Å². The van der Waals surface area contributed by atoms with Gasteiger partial charge in [0.2, 0.25) is 5.88 Å². The molecule has 8 nitrogen and oxygen atoms in total. The Morgan fingerprint density at radius 2 is 1.79 bits per heavy atom. The average molecular weight is 356 g/mol. The number of carboxylic acids is 2. The third-order valence-electron chi connectivity index (χ3n) is 3.84. The van der Waals surface area contributed by atoms with Gasteiger partial charge in [-0.05, 0) is 37.9 Å². The number of carbonyl (C=O) groups is 2. The monoisotopic (exact) mass is 355 g/mol. The number of rotatable bonds is 4. The van der Waals surface area contributed by atoms with Crippen molar-refractivity contribution in [3.8, 4) is 5.88 Å². The first-order valence-electron chi connectivity index (χ1n) is 7.46. The van der Waals surface area contributed by atoms with Crippen LogP contribution in [0.3, 0.4) is 0 Å². The SMILES string of the molecule is Clc1ccc(OC2CN3CCC2CC3)nn1.O=C(O)/C=C/C(=O)O. The van der Waals surface area contributed by atoms with Crippen LogP contribution in [0.5, 0.6) is 5.88 Å². The number of hydrogen-bond acceptors (Lipinski definition) is 6. The van der Waals surface area contributed by atoms with Gasteiger partial charge in [0.1, 0.15) is 6.10 Å². The minimum atomic E-state index is -1.26. The molecule has 2 N–H and O–H groups in total. The summed E-state index contributed by atoms with van der Waals surface area (Å²) in [5.74, 6) is -1.24. The second-order valence-electron chi connectivity index (χ2n) is 5.50. The summed E-state index contributed by atoms with van der Waals surface area (Å²) in [5.41, 5.74) is 0. The van der Waals surface area contributed by atoms with Gasteiger partial charge in [0, 0.05) is 24.8 Å². The van der Waals surface area contributed by atoms with E-state index < -0.39 is 11.9 Å². The molecule has 1 aromatic heterocycles. The quantitative estimate of drug-likeness (QED) is 0.777. The number of ether oxygens (including phenoxy) is 1. The van der Waals surface area contributed by atoms with E-state index >= 15 is 0 Å². The van der Waals surface area contributed by atoms with E-state index in [1.165, 1.54) is 25.9 Å². The van der Waals surface area contributed by atoms with Crippen molar-refractivity contribution in [1.82, 2.24) is 15.1 Å². The van der Waals surface area contributed by atoms with Crippen LogP contribution in [0, 0.1) is 5.92 Å². The van der Waals surface area contributed by atoms with Crippen molar-refractivity contribution in [1.29, 1.82) is 0 Å². The molecule has 130 valence electrons. The number of hydrogen-bond donors (Lipinski definition) is 2. The molecule has 4 heterocycles. The second kappa shape index (κ2) is 8.60.